The van der Waals surface area contributed by atoms with Crippen LogP contribution in [0.2, 0.25) is 0 Å². The number of rotatable bonds is 2. The number of aromatic amines is 1. The Kier molecular flexibility index (Phi) is 1.96. The molecule has 4 heteroatoms. The van der Waals surface area contributed by atoms with Crippen LogP contribution in [0.3, 0.4) is 0 Å². The van der Waals surface area contributed by atoms with E-state index >= 15 is 0 Å². The fourth-order valence-electron chi connectivity index (χ4n) is 1.17. The minimum Gasteiger partial charge on any atom is -0.382 e. The van der Waals surface area contributed by atoms with Gasteiger partial charge in [-0.3, -0.25) is 10.1 Å². The van der Waals surface area contributed by atoms with Gasteiger partial charge in [0.15, 0.2) is 0 Å². The summed E-state index contributed by atoms with van der Waals surface area (Å²) in [5.74, 6) is 0.519. The van der Waals surface area contributed by atoms with Gasteiger partial charge in [0.1, 0.15) is 5.82 Å². The van der Waals surface area contributed by atoms with Crippen molar-refractivity contribution >= 4 is 5.82 Å². The Hall–Kier alpha value is -1.84. The average molecular weight is 174 g/mol. The van der Waals surface area contributed by atoms with E-state index in [1.165, 1.54) is 0 Å². The number of anilines is 1. The van der Waals surface area contributed by atoms with Gasteiger partial charge in [0, 0.05) is 30.1 Å². The average Bonchev–Trinajstić information content (AvgIpc) is 2.53. The van der Waals surface area contributed by atoms with Crippen molar-refractivity contribution in [1.29, 1.82) is 0 Å². The molecule has 0 saturated heterocycles. The van der Waals surface area contributed by atoms with Crippen molar-refractivity contribution in [3.05, 3.63) is 41.9 Å². The van der Waals surface area contributed by atoms with Crippen LogP contribution in [0.25, 0.3) is 0 Å². The van der Waals surface area contributed by atoms with Crippen LogP contribution in [0, 0.1) is 0 Å². The fourth-order valence-corrected chi connectivity index (χ4v) is 1.17. The number of aromatic nitrogens is 3. The van der Waals surface area contributed by atoms with Crippen molar-refractivity contribution in [1.82, 2.24) is 15.2 Å². The summed E-state index contributed by atoms with van der Waals surface area (Å²) in [4.78, 5) is 4.19. The van der Waals surface area contributed by atoms with Crippen molar-refractivity contribution in [3.8, 4) is 0 Å². The van der Waals surface area contributed by atoms with Gasteiger partial charge in [-0.25, -0.2) is 0 Å². The van der Waals surface area contributed by atoms with E-state index in [1.807, 2.05) is 24.3 Å². The lowest BCUT2D eigenvalue weighted by Gasteiger charge is -1.95. The number of H-pyrrole nitrogens is 1. The largest absolute Gasteiger partial charge is 0.382 e. The zero-order valence-corrected chi connectivity index (χ0v) is 7.07. The third-order valence-electron chi connectivity index (χ3n) is 1.75. The molecule has 0 unspecified atom stereocenters. The van der Waals surface area contributed by atoms with Crippen molar-refractivity contribution in [2.75, 3.05) is 5.73 Å². The van der Waals surface area contributed by atoms with Gasteiger partial charge in [-0.15, -0.1) is 0 Å². The zero-order valence-electron chi connectivity index (χ0n) is 7.07. The summed E-state index contributed by atoms with van der Waals surface area (Å²) in [5, 5.41) is 6.68. The quantitative estimate of drug-likeness (QED) is 0.713. The molecule has 3 N–H and O–H groups in total. The van der Waals surface area contributed by atoms with Crippen molar-refractivity contribution in [3.63, 3.8) is 0 Å². The molecule has 2 heterocycles. The highest BCUT2D eigenvalue weighted by Crippen LogP contribution is 2.06. The van der Waals surface area contributed by atoms with Gasteiger partial charge in [-0.05, 0) is 12.1 Å². The normalized spacial score (nSPS) is 10.2. The van der Waals surface area contributed by atoms with Gasteiger partial charge in [0.05, 0.1) is 0 Å². The molecule has 0 bridgehead atoms. The van der Waals surface area contributed by atoms with E-state index in [0.29, 0.717) is 5.82 Å². The maximum atomic E-state index is 5.47. The number of nitrogens with zero attached hydrogens (tertiary/aromatic N) is 2. The Balaban J connectivity index is 2.15. The molecule has 0 spiro atoms. The molecule has 2 rings (SSSR count). The standard InChI is InChI=1S/C9H10N4/c10-9-6-8(12-13-9)5-7-3-1-2-4-11-7/h1-4,6H,5H2,(H3,10,12,13). The molecule has 13 heavy (non-hydrogen) atoms. The number of hydrogen-bond donors (Lipinski definition) is 2. The summed E-state index contributed by atoms with van der Waals surface area (Å²) >= 11 is 0. The van der Waals surface area contributed by atoms with Gasteiger partial charge in [-0.2, -0.15) is 5.10 Å². The van der Waals surface area contributed by atoms with Crippen LogP contribution in [0.15, 0.2) is 30.5 Å². The first kappa shape index (κ1) is 7.79. The minimum atomic E-state index is 0.519. The van der Waals surface area contributed by atoms with Gasteiger partial charge in [0.25, 0.3) is 0 Å². The molecule has 0 radical (unpaired) electrons. The van der Waals surface area contributed by atoms with Crippen LogP contribution in [-0.4, -0.2) is 15.2 Å². The summed E-state index contributed by atoms with van der Waals surface area (Å²) in [5.41, 5.74) is 7.46. The smallest absolute Gasteiger partial charge is 0.145 e. The Morgan fingerprint density at radius 1 is 1.38 bits per heavy atom. The van der Waals surface area contributed by atoms with Gasteiger partial charge in [0.2, 0.25) is 0 Å². The molecule has 2 aromatic rings. The molecule has 4 nitrogen and oxygen atoms in total. The van der Waals surface area contributed by atoms with Crippen LogP contribution >= 0.6 is 0 Å². The third-order valence-corrected chi connectivity index (χ3v) is 1.75. The third kappa shape index (κ3) is 1.84. The van der Waals surface area contributed by atoms with E-state index in [-0.39, 0.29) is 0 Å². The van der Waals surface area contributed by atoms with E-state index < -0.39 is 0 Å². The molecule has 0 atom stereocenters. The second-order valence-electron chi connectivity index (χ2n) is 2.82. The molecule has 2 aromatic heterocycles. The Morgan fingerprint density at radius 3 is 2.92 bits per heavy atom. The highest BCUT2D eigenvalue weighted by Gasteiger charge is 1.99. The summed E-state index contributed by atoms with van der Waals surface area (Å²) in [6.45, 7) is 0. The van der Waals surface area contributed by atoms with Crippen LogP contribution in [-0.2, 0) is 6.42 Å². The Morgan fingerprint density at radius 2 is 2.31 bits per heavy atom. The van der Waals surface area contributed by atoms with Crippen molar-refractivity contribution in [2.45, 2.75) is 6.42 Å². The summed E-state index contributed by atoms with van der Waals surface area (Å²) in [6, 6.07) is 7.64. The molecule has 0 aromatic carbocycles. The summed E-state index contributed by atoms with van der Waals surface area (Å²) < 4.78 is 0. The monoisotopic (exact) mass is 174 g/mol. The lowest BCUT2D eigenvalue weighted by atomic mass is 10.2. The second kappa shape index (κ2) is 3.26. The van der Waals surface area contributed by atoms with E-state index in [4.69, 9.17) is 5.73 Å². The second-order valence-corrected chi connectivity index (χ2v) is 2.82. The van der Waals surface area contributed by atoms with Crippen LogP contribution in [0.5, 0.6) is 0 Å². The van der Waals surface area contributed by atoms with Crippen LogP contribution < -0.4 is 5.73 Å². The zero-order chi connectivity index (χ0) is 9.10. The maximum absolute atomic E-state index is 5.47. The number of pyridine rings is 1. The van der Waals surface area contributed by atoms with Crippen molar-refractivity contribution in [2.24, 2.45) is 0 Å². The maximum Gasteiger partial charge on any atom is 0.145 e. The lowest BCUT2D eigenvalue weighted by Crippen LogP contribution is -1.90. The summed E-state index contributed by atoms with van der Waals surface area (Å²) in [7, 11) is 0. The summed E-state index contributed by atoms with van der Waals surface area (Å²) in [6.07, 6.45) is 2.51. The molecule has 0 aliphatic carbocycles. The number of nitrogens with two attached hydrogens (primary N) is 1. The molecule has 66 valence electrons. The molecule has 0 saturated carbocycles. The number of nitrogens with one attached hydrogen (secondary N) is 1. The fraction of sp³-hybridized carbons (Fsp3) is 0.111. The molecular weight excluding hydrogens is 164 g/mol. The molecule has 0 fully saturated rings. The van der Waals surface area contributed by atoms with Crippen LogP contribution in [0.4, 0.5) is 5.82 Å². The molecule has 0 amide bonds. The van der Waals surface area contributed by atoms with E-state index in [0.717, 1.165) is 17.8 Å². The highest BCUT2D eigenvalue weighted by molar-refractivity contribution is 5.30. The highest BCUT2D eigenvalue weighted by atomic mass is 15.2. The predicted octanol–water partition coefficient (Wildman–Crippen LogP) is 0.978. The minimum absolute atomic E-state index is 0.519. The molecular formula is C9H10N4. The Bertz CT molecular complexity index is 380. The predicted molar refractivity (Wildman–Crippen MR) is 50.0 cm³/mol. The van der Waals surface area contributed by atoms with Crippen molar-refractivity contribution < 1.29 is 0 Å². The number of hydrogen-bond acceptors (Lipinski definition) is 3. The number of nitrogen functional groups attached to an aromatic ring is 1. The van der Waals surface area contributed by atoms with Gasteiger partial charge in [-0.1, -0.05) is 6.07 Å². The molecule has 0 aliphatic heterocycles. The Labute approximate surface area is 75.8 Å². The lowest BCUT2D eigenvalue weighted by molar-refractivity contribution is 0.969. The van der Waals surface area contributed by atoms with E-state index in [9.17, 15) is 0 Å². The topological polar surface area (TPSA) is 67.6 Å². The first-order valence-corrected chi connectivity index (χ1v) is 4.04. The molecule has 0 aliphatic rings. The van der Waals surface area contributed by atoms with E-state index in [1.54, 1.807) is 6.20 Å². The van der Waals surface area contributed by atoms with E-state index in [2.05, 4.69) is 15.2 Å². The van der Waals surface area contributed by atoms with Crippen LogP contribution in [0.1, 0.15) is 11.4 Å². The first-order chi connectivity index (χ1) is 6.34. The van der Waals surface area contributed by atoms with Gasteiger partial charge >= 0.3 is 0 Å². The van der Waals surface area contributed by atoms with Gasteiger partial charge < -0.3 is 5.73 Å². The first-order valence-electron chi connectivity index (χ1n) is 4.04. The SMILES string of the molecule is Nc1cc(Cc2ccccn2)[nH]n1.